The average molecular weight is 409 g/mol. The van der Waals surface area contributed by atoms with Crippen molar-refractivity contribution < 1.29 is 4.79 Å². The molecule has 3 aromatic carbocycles. The van der Waals surface area contributed by atoms with Gasteiger partial charge in [-0.15, -0.1) is 12.6 Å². The van der Waals surface area contributed by atoms with E-state index in [0.717, 1.165) is 5.56 Å². The highest BCUT2D eigenvalue weighted by Gasteiger charge is 2.11. The molecular weight excluding hydrogens is 388 g/mol. The number of nitrogens with zero attached hydrogens (tertiary/aromatic N) is 1. The predicted molar refractivity (Wildman–Crippen MR) is 119 cm³/mol. The normalized spacial score (nSPS) is 12.5. The molecule has 1 N–H and O–H groups in total. The molecule has 0 aliphatic rings. The third-order valence-electron chi connectivity index (χ3n) is 4.41. The largest absolute Gasteiger partial charge is 0.351 e. The summed E-state index contributed by atoms with van der Waals surface area (Å²) in [6.45, 7) is 2.64. The van der Waals surface area contributed by atoms with Gasteiger partial charge >= 0.3 is 0 Å². The highest BCUT2D eigenvalue weighted by Crippen LogP contribution is 2.26. The number of carbonyl (C=O) groups is 1. The van der Waals surface area contributed by atoms with Crippen molar-refractivity contribution in [3.8, 4) is 0 Å². The van der Waals surface area contributed by atoms with Crippen LogP contribution in [0, 0.1) is 0 Å². The van der Waals surface area contributed by atoms with Gasteiger partial charge < -0.3 is 5.32 Å². The number of amides is 1. The zero-order valence-corrected chi connectivity index (χ0v) is 17.1. The lowest BCUT2D eigenvalue weighted by molar-refractivity contribution is 0.0951. The molecule has 3 rings (SSSR count). The summed E-state index contributed by atoms with van der Waals surface area (Å²) in [5.41, 5.74) is 3.08. The van der Waals surface area contributed by atoms with Gasteiger partial charge in [-0.1, -0.05) is 79.2 Å². The average Bonchev–Trinajstić information content (AvgIpc) is 2.74. The van der Waals surface area contributed by atoms with Gasteiger partial charge in [0.2, 0.25) is 0 Å². The zero-order chi connectivity index (χ0) is 19.9. The molecule has 0 aliphatic heterocycles. The third-order valence-corrected chi connectivity index (χ3v) is 5.09. The van der Waals surface area contributed by atoms with E-state index < -0.39 is 0 Å². The van der Waals surface area contributed by atoms with Crippen LogP contribution >= 0.6 is 24.2 Å². The van der Waals surface area contributed by atoms with E-state index in [1.54, 1.807) is 18.2 Å². The molecule has 28 heavy (non-hydrogen) atoms. The van der Waals surface area contributed by atoms with Gasteiger partial charge in [-0.05, 0) is 29.7 Å². The molecule has 0 spiro atoms. The molecule has 1 unspecified atom stereocenters. The first kappa shape index (κ1) is 20.2. The molecule has 3 nitrogen and oxygen atoms in total. The summed E-state index contributed by atoms with van der Waals surface area (Å²) < 4.78 is 0. The van der Waals surface area contributed by atoms with Crippen LogP contribution in [-0.4, -0.2) is 17.6 Å². The van der Waals surface area contributed by atoms with E-state index in [9.17, 15) is 4.79 Å². The molecule has 0 bridgehead atoms. The lowest BCUT2D eigenvalue weighted by Crippen LogP contribution is -2.27. The molecule has 1 amide bonds. The van der Waals surface area contributed by atoms with E-state index in [4.69, 9.17) is 11.6 Å². The summed E-state index contributed by atoms with van der Waals surface area (Å²) in [5, 5.41) is 3.34. The predicted octanol–water partition coefficient (Wildman–Crippen LogP) is 5.83. The van der Waals surface area contributed by atoms with Crippen LogP contribution in [0.25, 0.3) is 0 Å². The monoisotopic (exact) mass is 408 g/mol. The number of nitrogens with one attached hydrogen (secondary N) is 1. The first-order chi connectivity index (χ1) is 13.5. The van der Waals surface area contributed by atoms with E-state index >= 15 is 0 Å². The Hall–Kier alpha value is -2.56. The molecule has 0 radical (unpaired) electrons. The number of hydrogen-bond donors (Lipinski definition) is 2. The first-order valence-electron chi connectivity index (χ1n) is 9.00. The molecular formula is C23H21ClN2OS. The molecule has 0 fully saturated rings. The summed E-state index contributed by atoms with van der Waals surface area (Å²) in [6, 6.07) is 24.8. The topological polar surface area (TPSA) is 41.5 Å². The van der Waals surface area contributed by atoms with Crippen LogP contribution < -0.4 is 5.32 Å². The second-order valence-electron chi connectivity index (χ2n) is 6.49. The van der Waals surface area contributed by atoms with Crippen LogP contribution in [-0.2, 0) is 0 Å². The van der Waals surface area contributed by atoms with Gasteiger partial charge in [0.15, 0.2) is 0 Å². The summed E-state index contributed by atoms with van der Waals surface area (Å²) in [5.74, 6) is 0.0720. The van der Waals surface area contributed by atoms with E-state index in [-0.39, 0.29) is 11.8 Å². The molecule has 3 aromatic rings. The van der Waals surface area contributed by atoms with Crippen LogP contribution in [0.15, 0.2) is 88.8 Å². The maximum atomic E-state index is 12.6. The van der Waals surface area contributed by atoms with Crippen molar-refractivity contribution in [1.29, 1.82) is 0 Å². The Balaban J connectivity index is 1.72. The SMILES string of the molecule is CC(CNC(=O)c1ccc(S)c(N=C(Cl)c2ccccc2)c1)c1ccccc1. The van der Waals surface area contributed by atoms with Crippen molar-refractivity contribution in [1.82, 2.24) is 5.32 Å². The maximum Gasteiger partial charge on any atom is 0.251 e. The van der Waals surface area contributed by atoms with E-state index in [2.05, 4.69) is 42.0 Å². The highest BCUT2D eigenvalue weighted by molar-refractivity contribution is 7.80. The number of benzene rings is 3. The zero-order valence-electron chi connectivity index (χ0n) is 15.5. The van der Waals surface area contributed by atoms with Gasteiger partial charge in [0, 0.05) is 22.6 Å². The molecule has 0 aliphatic carbocycles. The summed E-state index contributed by atoms with van der Waals surface area (Å²) in [6.07, 6.45) is 0. The van der Waals surface area contributed by atoms with Gasteiger partial charge in [-0.2, -0.15) is 0 Å². The molecule has 0 saturated heterocycles. The third kappa shape index (κ3) is 5.24. The van der Waals surface area contributed by atoms with Crippen molar-refractivity contribution in [2.75, 3.05) is 6.54 Å². The first-order valence-corrected chi connectivity index (χ1v) is 9.83. The van der Waals surface area contributed by atoms with Gasteiger partial charge in [-0.3, -0.25) is 4.79 Å². The summed E-state index contributed by atoms with van der Waals surface area (Å²) in [7, 11) is 0. The number of rotatable bonds is 6. The Bertz CT molecular complexity index is 974. The van der Waals surface area contributed by atoms with Crippen LogP contribution in [0.1, 0.15) is 34.3 Å². The molecule has 5 heteroatoms. The Labute approximate surface area is 175 Å². The smallest absolute Gasteiger partial charge is 0.251 e. The van der Waals surface area contributed by atoms with E-state index in [1.807, 2.05) is 48.5 Å². The van der Waals surface area contributed by atoms with E-state index in [0.29, 0.717) is 27.9 Å². The molecule has 142 valence electrons. The standard InChI is InChI=1S/C23H21ClN2OS/c1-16(17-8-4-2-5-9-17)15-25-23(27)19-12-13-21(28)20(14-19)26-22(24)18-10-6-3-7-11-18/h2-14,16,28H,15H2,1H3,(H,25,27). The summed E-state index contributed by atoms with van der Waals surface area (Å²) in [4.78, 5) is 17.7. The van der Waals surface area contributed by atoms with Crippen LogP contribution in [0.3, 0.4) is 0 Å². The fourth-order valence-electron chi connectivity index (χ4n) is 2.75. The van der Waals surface area contributed by atoms with Gasteiger partial charge in [0.25, 0.3) is 5.91 Å². The summed E-state index contributed by atoms with van der Waals surface area (Å²) >= 11 is 10.8. The minimum absolute atomic E-state index is 0.150. The quantitative estimate of drug-likeness (QED) is 0.391. The lowest BCUT2D eigenvalue weighted by atomic mass is 10.0. The fourth-order valence-corrected chi connectivity index (χ4v) is 3.15. The Kier molecular flexibility index (Phi) is 6.90. The van der Waals surface area contributed by atoms with Gasteiger partial charge in [0.05, 0.1) is 5.69 Å². The minimum Gasteiger partial charge on any atom is -0.351 e. The highest BCUT2D eigenvalue weighted by atomic mass is 35.5. The molecule has 0 heterocycles. The second kappa shape index (κ2) is 9.58. The number of aliphatic imine (C=N–C) groups is 1. The van der Waals surface area contributed by atoms with Crippen LogP contribution in [0.5, 0.6) is 0 Å². The molecule has 0 aromatic heterocycles. The number of carbonyl (C=O) groups excluding carboxylic acids is 1. The Morgan fingerprint density at radius 3 is 2.32 bits per heavy atom. The van der Waals surface area contributed by atoms with Crippen molar-refractivity contribution in [3.05, 3.63) is 95.6 Å². The number of thiol groups is 1. The van der Waals surface area contributed by atoms with Gasteiger partial charge in [-0.25, -0.2) is 4.99 Å². The maximum absolute atomic E-state index is 12.6. The van der Waals surface area contributed by atoms with Crippen molar-refractivity contribution in [2.24, 2.45) is 4.99 Å². The van der Waals surface area contributed by atoms with Crippen molar-refractivity contribution in [2.45, 2.75) is 17.7 Å². The number of hydrogen-bond acceptors (Lipinski definition) is 3. The Morgan fingerprint density at radius 2 is 1.64 bits per heavy atom. The van der Waals surface area contributed by atoms with E-state index in [1.165, 1.54) is 5.56 Å². The fraction of sp³-hybridized carbons (Fsp3) is 0.130. The second-order valence-corrected chi connectivity index (χ2v) is 7.33. The minimum atomic E-state index is -0.150. The van der Waals surface area contributed by atoms with Crippen molar-refractivity contribution in [3.63, 3.8) is 0 Å². The number of halogens is 1. The molecule has 0 saturated carbocycles. The molecule has 1 atom stereocenters. The van der Waals surface area contributed by atoms with Gasteiger partial charge in [0.1, 0.15) is 5.17 Å². The van der Waals surface area contributed by atoms with Crippen molar-refractivity contribution >= 4 is 41.0 Å². The van der Waals surface area contributed by atoms with Crippen LogP contribution in [0.2, 0.25) is 0 Å². The van der Waals surface area contributed by atoms with Crippen LogP contribution in [0.4, 0.5) is 5.69 Å². The lowest BCUT2D eigenvalue weighted by Gasteiger charge is -2.13. The Morgan fingerprint density at radius 1 is 1.00 bits per heavy atom.